The highest BCUT2D eigenvalue weighted by Gasteiger charge is 2.32. The quantitative estimate of drug-likeness (QED) is 0.899. The monoisotopic (exact) mass is 310 g/mol. The van der Waals surface area contributed by atoms with Crippen molar-refractivity contribution in [2.24, 2.45) is 0 Å². The molecule has 1 aromatic rings. The Morgan fingerprint density at radius 2 is 2.27 bits per heavy atom. The van der Waals surface area contributed by atoms with Crippen LogP contribution in [0.1, 0.15) is 51.7 Å². The number of amides is 2. The molecule has 0 aromatic carbocycles. The van der Waals surface area contributed by atoms with E-state index in [-0.39, 0.29) is 17.6 Å². The van der Waals surface area contributed by atoms with Gasteiger partial charge in [0.1, 0.15) is 0 Å². The van der Waals surface area contributed by atoms with Crippen LogP contribution in [0.3, 0.4) is 0 Å². The Labute approximate surface area is 131 Å². The van der Waals surface area contributed by atoms with Gasteiger partial charge >= 0.3 is 6.03 Å². The first-order valence-electron chi connectivity index (χ1n) is 7.93. The second-order valence-electron chi connectivity index (χ2n) is 6.26. The van der Waals surface area contributed by atoms with E-state index in [4.69, 9.17) is 9.26 Å². The molecule has 2 rings (SSSR count). The lowest BCUT2D eigenvalue weighted by Gasteiger charge is -2.39. The van der Waals surface area contributed by atoms with Crippen molar-refractivity contribution in [2.45, 2.75) is 52.1 Å². The Balaban J connectivity index is 1.77. The number of morpholine rings is 1. The Hall–Kier alpha value is -1.63. The van der Waals surface area contributed by atoms with Crippen molar-refractivity contribution in [2.75, 3.05) is 26.2 Å². The van der Waals surface area contributed by atoms with E-state index in [1.165, 1.54) is 0 Å². The van der Waals surface area contributed by atoms with Gasteiger partial charge in [-0.05, 0) is 13.3 Å². The third-order valence-electron chi connectivity index (χ3n) is 3.99. The molecule has 1 fully saturated rings. The van der Waals surface area contributed by atoms with Gasteiger partial charge in [0.2, 0.25) is 5.89 Å². The van der Waals surface area contributed by atoms with Crippen LogP contribution in [-0.4, -0.2) is 52.9 Å². The Morgan fingerprint density at radius 1 is 1.50 bits per heavy atom. The summed E-state index contributed by atoms with van der Waals surface area (Å²) in [6.07, 6.45) is 1.43. The number of carbonyl (C=O) groups excluding carboxylic acids is 1. The number of rotatable bonds is 5. The average Bonchev–Trinajstić information content (AvgIpc) is 2.96. The smallest absolute Gasteiger partial charge is 0.317 e. The zero-order valence-corrected chi connectivity index (χ0v) is 13.9. The SMILES string of the molecule is CCC1(C)CN(C(=O)NCCc2nc(C(C)C)no2)CCO1. The number of aromatic nitrogens is 2. The molecule has 2 amide bonds. The van der Waals surface area contributed by atoms with E-state index in [9.17, 15) is 4.79 Å². The molecule has 124 valence electrons. The lowest BCUT2D eigenvalue weighted by atomic mass is 10.0. The summed E-state index contributed by atoms with van der Waals surface area (Å²) in [5.74, 6) is 1.50. The van der Waals surface area contributed by atoms with Crippen molar-refractivity contribution in [3.63, 3.8) is 0 Å². The Kier molecular flexibility index (Phi) is 5.39. The molecule has 0 spiro atoms. The summed E-state index contributed by atoms with van der Waals surface area (Å²) >= 11 is 0. The van der Waals surface area contributed by atoms with Crippen LogP contribution in [0, 0.1) is 0 Å². The van der Waals surface area contributed by atoms with Gasteiger partial charge in [0.15, 0.2) is 5.82 Å². The Morgan fingerprint density at radius 3 is 2.91 bits per heavy atom. The fourth-order valence-electron chi connectivity index (χ4n) is 2.31. The second-order valence-corrected chi connectivity index (χ2v) is 6.26. The third-order valence-corrected chi connectivity index (χ3v) is 3.99. The fraction of sp³-hybridized carbons (Fsp3) is 0.800. The van der Waals surface area contributed by atoms with Gasteiger partial charge in [-0.15, -0.1) is 0 Å². The number of ether oxygens (including phenoxy) is 1. The van der Waals surface area contributed by atoms with Crippen molar-refractivity contribution in [3.8, 4) is 0 Å². The van der Waals surface area contributed by atoms with Crippen LogP contribution >= 0.6 is 0 Å². The molecule has 0 saturated carbocycles. The van der Waals surface area contributed by atoms with E-state index in [2.05, 4.69) is 22.4 Å². The molecule has 2 heterocycles. The molecular weight excluding hydrogens is 284 g/mol. The van der Waals surface area contributed by atoms with Crippen LogP contribution in [0.2, 0.25) is 0 Å². The molecule has 1 aliphatic rings. The molecule has 0 bridgehead atoms. The van der Waals surface area contributed by atoms with Crippen molar-refractivity contribution >= 4 is 6.03 Å². The number of urea groups is 1. The molecule has 7 nitrogen and oxygen atoms in total. The topological polar surface area (TPSA) is 80.5 Å². The molecule has 0 radical (unpaired) electrons. The number of hydrogen-bond donors (Lipinski definition) is 1. The summed E-state index contributed by atoms with van der Waals surface area (Å²) in [4.78, 5) is 18.3. The molecule has 1 aliphatic heterocycles. The lowest BCUT2D eigenvalue weighted by Crippen LogP contribution is -2.54. The first-order valence-corrected chi connectivity index (χ1v) is 7.93. The van der Waals surface area contributed by atoms with Gasteiger partial charge in [-0.3, -0.25) is 0 Å². The van der Waals surface area contributed by atoms with Crippen molar-refractivity contribution in [3.05, 3.63) is 11.7 Å². The molecule has 1 saturated heterocycles. The molecule has 22 heavy (non-hydrogen) atoms. The van der Waals surface area contributed by atoms with E-state index < -0.39 is 0 Å². The minimum Gasteiger partial charge on any atom is -0.372 e. The maximum absolute atomic E-state index is 12.2. The summed E-state index contributed by atoms with van der Waals surface area (Å²) in [5.41, 5.74) is -0.242. The van der Waals surface area contributed by atoms with Crippen molar-refractivity contribution < 1.29 is 14.1 Å². The van der Waals surface area contributed by atoms with Crippen LogP contribution in [0.15, 0.2) is 4.52 Å². The molecule has 0 aliphatic carbocycles. The zero-order valence-electron chi connectivity index (χ0n) is 13.9. The second kappa shape index (κ2) is 7.09. The van der Waals surface area contributed by atoms with Gasteiger partial charge < -0.3 is 19.5 Å². The van der Waals surface area contributed by atoms with Crippen LogP contribution in [0.5, 0.6) is 0 Å². The molecule has 1 N–H and O–H groups in total. The number of nitrogens with zero attached hydrogens (tertiary/aromatic N) is 3. The predicted molar refractivity (Wildman–Crippen MR) is 81.7 cm³/mol. The highest BCUT2D eigenvalue weighted by Crippen LogP contribution is 2.20. The number of nitrogens with one attached hydrogen (secondary N) is 1. The van der Waals surface area contributed by atoms with Crippen molar-refractivity contribution in [1.29, 1.82) is 0 Å². The standard InChI is InChI=1S/C15H26N4O3/c1-5-15(4)10-19(8-9-21-15)14(20)16-7-6-12-17-13(11(2)3)18-22-12/h11H,5-10H2,1-4H3,(H,16,20). The zero-order chi connectivity index (χ0) is 16.2. The maximum Gasteiger partial charge on any atom is 0.317 e. The summed E-state index contributed by atoms with van der Waals surface area (Å²) in [6.45, 7) is 10.4. The molecular formula is C15H26N4O3. The van der Waals surface area contributed by atoms with Crippen LogP contribution in [0.25, 0.3) is 0 Å². The van der Waals surface area contributed by atoms with Gasteiger partial charge in [-0.2, -0.15) is 4.98 Å². The van der Waals surface area contributed by atoms with Gasteiger partial charge in [-0.1, -0.05) is 25.9 Å². The molecule has 1 unspecified atom stereocenters. The van der Waals surface area contributed by atoms with Crippen LogP contribution < -0.4 is 5.32 Å². The molecule has 1 atom stereocenters. The van der Waals surface area contributed by atoms with Gasteiger partial charge in [0, 0.05) is 25.4 Å². The normalized spacial score (nSPS) is 22.1. The molecule has 7 heteroatoms. The fourth-order valence-corrected chi connectivity index (χ4v) is 2.31. The van der Waals surface area contributed by atoms with Crippen molar-refractivity contribution in [1.82, 2.24) is 20.4 Å². The van der Waals surface area contributed by atoms with E-state index in [1.54, 1.807) is 4.90 Å². The van der Waals surface area contributed by atoms with E-state index in [0.29, 0.717) is 44.4 Å². The van der Waals surface area contributed by atoms with Gasteiger partial charge in [-0.25, -0.2) is 4.79 Å². The van der Waals surface area contributed by atoms with Crippen LogP contribution in [-0.2, 0) is 11.2 Å². The first kappa shape index (κ1) is 16.7. The summed E-state index contributed by atoms with van der Waals surface area (Å²) in [5, 5.41) is 6.81. The highest BCUT2D eigenvalue weighted by molar-refractivity contribution is 5.74. The van der Waals surface area contributed by atoms with Gasteiger partial charge in [0.05, 0.1) is 18.8 Å². The van der Waals surface area contributed by atoms with E-state index in [0.717, 1.165) is 6.42 Å². The predicted octanol–water partition coefficient (Wildman–Crippen LogP) is 1.95. The lowest BCUT2D eigenvalue weighted by molar-refractivity contribution is -0.0872. The van der Waals surface area contributed by atoms with Gasteiger partial charge in [0.25, 0.3) is 0 Å². The van der Waals surface area contributed by atoms with E-state index >= 15 is 0 Å². The maximum atomic E-state index is 12.2. The van der Waals surface area contributed by atoms with E-state index in [1.807, 2.05) is 20.8 Å². The highest BCUT2D eigenvalue weighted by atomic mass is 16.5. The third kappa shape index (κ3) is 4.19. The Bertz CT molecular complexity index is 503. The largest absolute Gasteiger partial charge is 0.372 e. The minimum atomic E-state index is -0.242. The van der Waals surface area contributed by atoms with Crippen LogP contribution in [0.4, 0.5) is 4.79 Å². The number of carbonyl (C=O) groups is 1. The minimum absolute atomic E-state index is 0.0634. The summed E-state index contributed by atoms with van der Waals surface area (Å²) in [7, 11) is 0. The first-order chi connectivity index (χ1) is 10.4. The summed E-state index contributed by atoms with van der Waals surface area (Å²) in [6, 6.07) is -0.0634. The average molecular weight is 310 g/mol. The number of hydrogen-bond acceptors (Lipinski definition) is 5. The molecule has 1 aromatic heterocycles. The summed E-state index contributed by atoms with van der Waals surface area (Å²) < 4.78 is 10.9.